The Balaban J connectivity index is 0.00000420. The van der Waals surface area contributed by atoms with Gasteiger partial charge in [-0.05, 0) is 20.3 Å². The van der Waals surface area contributed by atoms with Crippen molar-refractivity contribution in [2.75, 3.05) is 45.8 Å². The van der Waals surface area contributed by atoms with Gasteiger partial charge in [-0.25, -0.2) is 0 Å². The average Bonchev–Trinajstić information content (AvgIpc) is 3.14. The molecular weight excluding hydrogens is 485 g/mol. The molecule has 1 heterocycles. The maximum absolute atomic E-state index is 11.7. The number of ether oxygens (including phenoxy) is 2. The van der Waals surface area contributed by atoms with Crippen LogP contribution in [0.3, 0.4) is 0 Å². The van der Waals surface area contributed by atoms with E-state index in [4.69, 9.17) is 9.47 Å². The van der Waals surface area contributed by atoms with Gasteiger partial charge in [0.1, 0.15) is 11.5 Å². The molecule has 0 radical (unpaired) electrons. The van der Waals surface area contributed by atoms with Crippen LogP contribution in [-0.2, 0) is 4.79 Å². The molecule has 0 bridgehead atoms. The summed E-state index contributed by atoms with van der Waals surface area (Å²) in [5, 5.41) is 9.54. The van der Waals surface area contributed by atoms with Crippen LogP contribution in [0, 0.1) is 0 Å². The summed E-state index contributed by atoms with van der Waals surface area (Å²) in [4.78, 5) is 18.3. The van der Waals surface area contributed by atoms with Crippen LogP contribution >= 0.6 is 24.0 Å². The van der Waals surface area contributed by atoms with Crippen molar-refractivity contribution >= 4 is 41.5 Å². The number of nitrogens with zero attached hydrogens (tertiary/aromatic N) is 2. The predicted molar refractivity (Wildman–Crippen MR) is 128 cm³/mol. The Morgan fingerprint density at radius 1 is 1.24 bits per heavy atom. The smallest absolute Gasteiger partial charge is 0.221 e. The Kier molecular flexibility index (Phi) is 10.9. The Morgan fingerprint density at radius 2 is 1.90 bits per heavy atom. The van der Waals surface area contributed by atoms with Crippen molar-refractivity contribution in [3.63, 3.8) is 0 Å². The summed E-state index contributed by atoms with van der Waals surface area (Å²) in [7, 11) is 5.05. The van der Waals surface area contributed by atoms with Gasteiger partial charge in [0.25, 0.3) is 0 Å². The van der Waals surface area contributed by atoms with E-state index in [1.165, 1.54) is 0 Å². The molecule has 0 spiro atoms. The molecule has 2 rings (SSSR count). The van der Waals surface area contributed by atoms with Crippen LogP contribution in [0.1, 0.15) is 26.7 Å². The van der Waals surface area contributed by atoms with Crippen molar-refractivity contribution in [1.82, 2.24) is 16.0 Å². The van der Waals surface area contributed by atoms with E-state index in [-0.39, 0.29) is 42.0 Å². The Bertz CT molecular complexity index is 662. The average molecular weight is 519 g/mol. The van der Waals surface area contributed by atoms with Gasteiger partial charge < -0.3 is 30.3 Å². The largest absolute Gasteiger partial charge is 0.497 e. The van der Waals surface area contributed by atoms with Crippen LogP contribution in [0.25, 0.3) is 0 Å². The second kappa shape index (κ2) is 12.6. The van der Waals surface area contributed by atoms with Gasteiger partial charge >= 0.3 is 0 Å². The van der Waals surface area contributed by atoms with Gasteiger partial charge in [0.2, 0.25) is 5.91 Å². The van der Waals surface area contributed by atoms with Crippen LogP contribution in [0.5, 0.6) is 11.5 Å². The minimum Gasteiger partial charge on any atom is -0.497 e. The first kappa shape index (κ1) is 25.1. The molecule has 1 fully saturated rings. The molecule has 0 aromatic heterocycles. The van der Waals surface area contributed by atoms with Gasteiger partial charge in [0.15, 0.2) is 5.96 Å². The summed E-state index contributed by atoms with van der Waals surface area (Å²) < 4.78 is 10.7. The molecule has 0 aliphatic carbocycles. The zero-order valence-electron chi connectivity index (χ0n) is 17.9. The first-order valence-corrected chi connectivity index (χ1v) is 9.69. The number of carbonyl (C=O) groups is 1. The number of methoxy groups -OCH3 is 2. The molecule has 8 nitrogen and oxygen atoms in total. The summed E-state index contributed by atoms with van der Waals surface area (Å²) in [6, 6.07) is 6.34. The highest BCUT2D eigenvalue weighted by Crippen LogP contribution is 2.30. The van der Waals surface area contributed by atoms with Crippen molar-refractivity contribution in [3.8, 4) is 11.5 Å². The standard InChI is InChI=1S/C20H33N5O3.HI/c1-14(2)23-19(26)6-8-22-20(21-3)24-15-7-9-25(13-15)16-10-17(27-4)12-18(11-16)28-5;/h10-12,14-15H,6-9,13H2,1-5H3,(H,23,26)(H2,21,22,24);1H. The van der Waals surface area contributed by atoms with E-state index in [0.29, 0.717) is 18.9 Å². The van der Waals surface area contributed by atoms with Gasteiger partial charge in [0.05, 0.1) is 14.2 Å². The Labute approximate surface area is 190 Å². The van der Waals surface area contributed by atoms with Crippen molar-refractivity contribution in [3.05, 3.63) is 18.2 Å². The molecule has 1 unspecified atom stereocenters. The number of hydrogen-bond donors (Lipinski definition) is 3. The van der Waals surface area contributed by atoms with E-state index in [9.17, 15) is 4.79 Å². The first-order chi connectivity index (χ1) is 13.4. The van der Waals surface area contributed by atoms with E-state index in [0.717, 1.165) is 36.7 Å². The van der Waals surface area contributed by atoms with Crippen molar-refractivity contribution in [2.24, 2.45) is 4.99 Å². The van der Waals surface area contributed by atoms with Crippen LogP contribution < -0.4 is 30.3 Å². The molecule has 3 N–H and O–H groups in total. The molecule has 9 heteroatoms. The Morgan fingerprint density at radius 3 is 2.45 bits per heavy atom. The van der Waals surface area contributed by atoms with Crippen LogP contribution in [0.2, 0.25) is 0 Å². The third-order valence-electron chi connectivity index (χ3n) is 4.55. The molecular formula is C20H34IN5O3. The fourth-order valence-corrected chi connectivity index (χ4v) is 3.16. The topological polar surface area (TPSA) is 87.2 Å². The second-order valence-electron chi connectivity index (χ2n) is 7.12. The molecule has 1 aliphatic rings. The number of anilines is 1. The predicted octanol–water partition coefficient (Wildman–Crippen LogP) is 1.98. The van der Waals surface area contributed by atoms with Gasteiger partial charge in [-0.2, -0.15) is 0 Å². The van der Waals surface area contributed by atoms with Crippen molar-refractivity contribution < 1.29 is 14.3 Å². The van der Waals surface area contributed by atoms with E-state index in [1.807, 2.05) is 32.0 Å². The quantitative estimate of drug-likeness (QED) is 0.277. The highest BCUT2D eigenvalue weighted by atomic mass is 127. The maximum atomic E-state index is 11.7. The van der Waals surface area contributed by atoms with Gasteiger partial charge in [0, 0.05) is 69.1 Å². The number of hydrogen-bond acceptors (Lipinski definition) is 5. The van der Waals surface area contributed by atoms with E-state index in [1.54, 1.807) is 21.3 Å². The molecule has 1 saturated heterocycles. The lowest BCUT2D eigenvalue weighted by Crippen LogP contribution is -2.45. The lowest BCUT2D eigenvalue weighted by Gasteiger charge is -2.21. The third kappa shape index (κ3) is 8.15. The molecule has 1 aromatic carbocycles. The summed E-state index contributed by atoms with van der Waals surface area (Å²) in [5.41, 5.74) is 1.08. The number of guanidine groups is 1. The fraction of sp³-hybridized carbons (Fsp3) is 0.600. The summed E-state index contributed by atoms with van der Waals surface area (Å²) in [6.45, 7) is 6.24. The minimum absolute atomic E-state index is 0. The third-order valence-corrected chi connectivity index (χ3v) is 4.55. The summed E-state index contributed by atoms with van der Waals surface area (Å²) in [6.07, 6.45) is 1.41. The van der Waals surface area contributed by atoms with Crippen LogP contribution in [0.4, 0.5) is 5.69 Å². The molecule has 29 heavy (non-hydrogen) atoms. The maximum Gasteiger partial charge on any atom is 0.221 e. The van der Waals surface area contributed by atoms with Gasteiger partial charge in [-0.3, -0.25) is 9.79 Å². The zero-order valence-corrected chi connectivity index (χ0v) is 20.3. The lowest BCUT2D eigenvalue weighted by atomic mass is 10.2. The van der Waals surface area contributed by atoms with Crippen molar-refractivity contribution in [1.29, 1.82) is 0 Å². The number of aliphatic imine (C=N–C) groups is 1. The summed E-state index contributed by atoms with van der Waals surface area (Å²) >= 11 is 0. The number of nitrogens with one attached hydrogen (secondary N) is 3. The van der Waals surface area contributed by atoms with Gasteiger partial charge in [-0.15, -0.1) is 24.0 Å². The Hall–Kier alpha value is -1.91. The van der Waals surface area contributed by atoms with E-state index < -0.39 is 0 Å². The second-order valence-corrected chi connectivity index (χ2v) is 7.12. The van der Waals surface area contributed by atoms with E-state index >= 15 is 0 Å². The number of rotatable bonds is 8. The fourth-order valence-electron chi connectivity index (χ4n) is 3.16. The van der Waals surface area contributed by atoms with E-state index in [2.05, 4.69) is 25.8 Å². The van der Waals surface area contributed by atoms with Crippen LogP contribution in [-0.4, -0.2) is 64.9 Å². The molecule has 1 atom stereocenters. The lowest BCUT2D eigenvalue weighted by molar-refractivity contribution is -0.121. The molecule has 164 valence electrons. The normalized spacial score (nSPS) is 16.3. The molecule has 1 aliphatic heterocycles. The SMILES string of the molecule is CN=C(NCCC(=O)NC(C)C)NC1CCN(c2cc(OC)cc(OC)c2)C1.I. The number of halogens is 1. The number of benzene rings is 1. The highest BCUT2D eigenvalue weighted by molar-refractivity contribution is 14.0. The number of amides is 1. The van der Waals surface area contributed by atoms with Crippen LogP contribution in [0.15, 0.2) is 23.2 Å². The van der Waals surface area contributed by atoms with Gasteiger partial charge in [-0.1, -0.05) is 0 Å². The molecule has 0 saturated carbocycles. The number of carbonyl (C=O) groups excluding carboxylic acids is 1. The zero-order chi connectivity index (χ0) is 20.5. The summed E-state index contributed by atoms with van der Waals surface area (Å²) in [5.74, 6) is 2.32. The van der Waals surface area contributed by atoms with Crippen molar-refractivity contribution in [2.45, 2.75) is 38.8 Å². The first-order valence-electron chi connectivity index (χ1n) is 9.69. The monoisotopic (exact) mass is 519 g/mol. The molecule has 1 amide bonds. The minimum atomic E-state index is 0. The highest BCUT2D eigenvalue weighted by Gasteiger charge is 2.24. The molecule has 1 aromatic rings.